The summed E-state index contributed by atoms with van der Waals surface area (Å²) in [5.41, 5.74) is 0. The lowest BCUT2D eigenvalue weighted by atomic mass is 10.1. The van der Waals surface area contributed by atoms with Gasteiger partial charge in [0.15, 0.2) is 0 Å². The quantitative estimate of drug-likeness (QED) is 0.339. The first-order chi connectivity index (χ1) is 6.57. The van der Waals surface area contributed by atoms with Gasteiger partial charge in [0.25, 0.3) is 0 Å². The Labute approximate surface area is 99.4 Å². The van der Waals surface area contributed by atoms with Gasteiger partial charge in [-0.15, -0.1) is 0 Å². The van der Waals surface area contributed by atoms with E-state index in [1.165, 1.54) is 6.92 Å². The van der Waals surface area contributed by atoms with Gasteiger partial charge in [0, 0.05) is 6.92 Å². The van der Waals surface area contributed by atoms with Crippen LogP contribution in [0.15, 0.2) is 0 Å². The summed E-state index contributed by atoms with van der Waals surface area (Å²) in [6.45, 7) is 3.82. The van der Waals surface area contributed by atoms with Gasteiger partial charge in [-0.05, 0) is 6.42 Å². The van der Waals surface area contributed by atoms with E-state index in [1.54, 1.807) is 0 Å². The zero-order valence-corrected chi connectivity index (χ0v) is 11.0. The molecule has 1 N–H and O–H groups in total. The number of aliphatic hydroxyl groups is 1. The third-order valence-corrected chi connectivity index (χ3v) is 3.16. The van der Waals surface area contributed by atoms with Crippen LogP contribution in [0.25, 0.3) is 0 Å². The van der Waals surface area contributed by atoms with Crippen LogP contribution >= 0.6 is 22.6 Å². The van der Waals surface area contributed by atoms with Gasteiger partial charge in [0.05, 0.1) is 10.0 Å². The Morgan fingerprint density at radius 1 is 1.50 bits per heavy atom. The molecule has 14 heavy (non-hydrogen) atoms. The van der Waals surface area contributed by atoms with Crippen molar-refractivity contribution in [1.29, 1.82) is 0 Å². The molecule has 2 atom stereocenters. The Morgan fingerprint density at radius 3 is 2.64 bits per heavy atom. The number of carbonyl (C=O) groups excluding carboxylic acids is 1. The molecule has 0 aliphatic carbocycles. The Hall–Kier alpha value is 0.160. The number of unbranched alkanes of at least 4 members (excludes halogenated alkanes) is 2. The van der Waals surface area contributed by atoms with Crippen LogP contribution in [0.1, 0.15) is 39.5 Å². The van der Waals surface area contributed by atoms with Gasteiger partial charge in [0.1, 0.15) is 6.61 Å². The zero-order valence-electron chi connectivity index (χ0n) is 8.83. The van der Waals surface area contributed by atoms with Gasteiger partial charge >= 0.3 is 5.97 Å². The molecule has 3 nitrogen and oxygen atoms in total. The molecule has 0 aliphatic rings. The van der Waals surface area contributed by atoms with Crippen molar-refractivity contribution in [1.82, 2.24) is 0 Å². The average Bonchev–Trinajstić information content (AvgIpc) is 2.14. The van der Waals surface area contributed by atoms with E-state index < -0.39 is 0 Å². The van der Waals surface area contributed by atoms with Crippen molar-refractivity contribution < 1.29 is 14.6 Å². The van der Waals surface area contributed by atoms with E-state index in [-0.39, 0.29) is 16.0 Å². The molecule has 0 rings (SSSR count). The molecular formula is C10H19IO3. The van der Waals surface area contributed by atoms with Crippen molar-refractivity contribution in [3.63, 3.8) is 0 Å². The van der Waals surface area contributed by atoms with Gasteiger partial charge < -0.3 is 9.84 Å². The fourth-order valence-electron chi connectivity index (χ4n) is 1.09. The predicted octanol–water partition coefficient (Wildman–Crippen LogP) is 2.29. The number of aliphatic hydroxyl groups excluding tert-OH is 1. The van der Waals surface area contributed by atoms with Crippen LogP contribution in [0.4, 0.5) is 0 Å². The number of hydrogen-bond donors (Lipinski definition) is 1. The number of ether oxygens (including phenoxy) is 1. The molecule has 0 amide bonds. The summed E-state index contributed by atoms with van der Waals surface area (Å²) in [6, 6.07) is 0. The Balaban J connectivity index is 3.53. The van der Waals surface area contributed by atoms with E-state index >= 15 is 0 Å². The first kappa shape index (κ1) is 14.2. The summed E-state index contributed by atoms with van der Waals surface area (Å²) in [5.74, 6) is -0.285. The molecule has 0 saturated carbocycles. The molecule has 0 aliphatic heterocycles. The lowest BCUT2D eigenvalue weighted by Crippen LogP contribution is -2.25. The predicted molar refractivity (Wildman–Crippen MR) is 64.6 cm³/mol. The second-order valence-electron chi connectivity index (χ2n) is 3.38. The third kappa shape index (κ3) is 7.55. The number of esters is 1. The largest absolute Gasteiger partial charge is 0.465 e. The SMILES string of the molecule is CCCCC[C@H](O)[C@H](I)COC(C)=O. The summed E-state index contributed by atoms with van der Waals surface area (Å²) in [7, 11) is 0. The number of rotatable bonds is 7. The van der Waals surface area contributed by atoms with E-state index in [0.717, 1.165) is 25.7 Å². The van der Waals surface area contributed by atoms with E-state index in [4.69, 9.17) is 4.74 Å². The molecule has 0 aromatic heterocycles. The molecule has 0 heterocycles. The summed E-state index contributed by atoms with van der Waals surface area (Å²) in [4.78, 5) is 10.5. The molecule has 4 heteroatoms. The Kier molecular flexibility index (Phi) is 8.56. The minimum absolute atomic E-state index is 0.00774. The maximum Gasteiger partial charge on any atom is 0.302 e. The van der Waals surface area contributed by atoms with E-state index in [1.807, 2.05) is 0 Å². The molecule has 0 radical (unpaired) electrons. The Morgan fingerprint density at radius 2 is 2.14 bits per heavy atom. The van der Waals surface area contributed by atoms with Crippen LogP contribution in [0.5, 0.6) is 0 Å². The number of halogens is 1. The van der Waals surface area contributed by atoms with Crippen molar-refractivity contribution in [3.8, 4) is 0 Å². The monoisotopic (exact) mass is 314 g/mol. The summed E-state index contributed by atoms with van der Waals surface area (Å²) >= 11 is 2.13. The van der Waals surface area contributed by atoms with Gasteiger partial charge in [-0.3, -0.25) is 4.79 Å². The molecule has 0 fully saturated rings. The normalized spacial score (nSPS) is 14.9. The first-order valence-corrected chi connectivity index (χ1v) is 6.28. The highest BCUT2D eigenvalue weighted by atomic mass is 127. The smallest absolute Gasteiger partial charge is 0.302 e. The lowest BCUT2D eigenvalue weighted by Gasteiger charge is -2.16. The lowest BCUT2D eigenvalue weighted by molar-refractivity contribution is -0.141. The van der Waals surface area contributed by atoms with Crippen molar-refractivity contribution >= 4 is 28.6 Å². The third-order valence-electron chi connectivity index (χ3n) is 1.97. The van der Waals surface area contributed by atoms with E-state index in [0.29, 0.717) is 6.61 Å². The number of carbonyl (C=O) groups is 1. The van der Waals surface area contributed by atoms with Crippen LogP contribution in [-0.2, 0) is 9.53 Å². The van der Waals surface area contributed by atoms with Crippen molar-refractivity contribution in [3.05, 3.63) is 0 Å². The highest BCUT2D eigenvalue weighted by Gasteiger charge is 2.16. The summed E-state index contributed by atoms with van der Waals surface area (Å²) in [5, 5.41) is 9.66. The fourth-order valence-corrected chi connectivity index (χ4v) is 1.63. The highest BCUT2D eigenvalue weighted by Crippen LogP contribution is 2.14. The number of alkyl halides is 1. The average molecular weight is 314 g/mol. The van der Waals surface area contributed by atoms with Crippen LogP contribution in [0, 0.1) is 0 Å². The van der Waals surface area contributed by atoms with Crippen molar-refractivity contribution in [2.75, 3.05) is 6.61 Å². The fraction of sp³-hybridized carbons (Fsp3) is 0.900. The first-order valence-electron chi connectivity index (χ1n) is 5.03. The Bertz CT molecular complexity index is 161. The second kappa shape index (κ2) is 8.47. The molecule has 0 spiro atoms. The standard InChI is InChI=1S/C10H19IO3/c1-3-4-5-6-10(13)9(11)7-14-8(2)12/h9-10,13H,3-7H2,1-2H3/t9-,10+/m1/s1. The van der Waals surface area contributed by atoms with Crippen molar-refractivity contribution in [2.24, 2.45) is 0 Å². The second-order valence-corrected chi connectivity index (χ2v) is 4.98. The van der Waals surface area contributed by atoms with Crippen molar-refractivity contribution in [2.45, 2.75) is 49.6 Å². The highest BCUT2D eigenvalue weighted by molar-refractivity contribution is 14.1. The van der Waals surface area contributed by atoms with E-state index in [9.17, 15) is 9.90 Å². The molecule has 84 valence electrons. The minimum atomic E-state index is -0.360. The zero-order chi connectivity index (χ0) is 11.0. The van der Waals surface area contributed by atoms with Crippen LogP contribution in [-0.4, -0.2) is 27.7 Å². The van der Waals surface area contributed by atoms with Gasteiger partial charge in [-0.2, -0.15) is 0 Å². The van der Waals surface area contributed by atoms with Crippen LogP contribution in [0.2, 0.25) is 0 Å². The van der Waals surface area contributed by atoms with Gasteiger partial charge in [0.2, 0.25) is 0 Å². The number of hydrogen-bond acceptors (Lipinski definition) is 3. The van der Waals surface area contributed by atoms with Gasteiger partial charge in [-0.25, -0.2) is 0 Å². The van der Waals surface area contributed by atoms with Crippen LogP contribution < -0.4 is 0 Å². The van der Waals surface area contributed by atoms with Crippen LogP contribution in [0.3, 0.4) is 0 Å². The maximum absolute atomic E-state index is 10.5. The topological polar surface area (TPSA) is 46.5 Å². The maximum atomic E-state index is 10.5. The molecule has 0 bridgehead atoms. The molecule has 0 unspecified atom stereocenters. The van der Waals surface area contributed by atoms with E-state index in [2.05, 4.69) is 29.5 Å². The molecular weight excluding hydrogens is 295 g/mol. The minimum Gasteiger partial charge on any atom is -0.465 e. The van der Waals surface area contributed by atoms with Gasteiger partial charge in [-0.1, -0.05) is 48.8 Å². The molecule has 0 saturated heterocycles. The summed E-state index contributed by atoms with van der Waals surface area (Å²) in [6.07, 6.45) is 3.78. The summed E-state index contributed by atoms with van der Waals surface area (Å²) < 4.78 is 4.83. The molecule has 0 aromatic rings. The molecule has 0 aromatic carbocycles.